The second-order valence-electron chi connectivity index (χ2n) is 6.72. The average molecular weight is 391 g/mol. The van der Waals surface area contributed by atoms with Crippen molar-refractivity contribution in [1.29, 1.82) is 0 Å². The molecule has 0 radical (unpaired) electrons. The van der Waals surface area contributed by atoms with E-state index in [-0.39, 0.29) is 34.1 Å². The first-order chi connectivity index (χ1) is 13.4. The van der Waals surface area contributed by atoms with Gasteiger partial charge in [0.2, 0.25) is 10.0 Å². The molecule has 0 unspecified atom stereocenters. The SMILES string of the molecule is Cc1ccc(CNS(=O)(=O)c2ccc3c(c2)C(=O)c2ccccc2C3=O)cc1. The lowest BCUT2D eigenvalue weighted by Crippen LogP contribution is -2.25. The standard InChI is InChI=1S/C22H17NO4S/c1-14-6-8-15(9-7-14)13-23-28(26,27)16-10-11-19-20(12-16)22(25)18-5-3-2-4-17(18)21(19)24/h2-12,23H,13H2,1H3. The molecule has 0 aromatic heterocycles. The first kappa shape index (κ1) is 18.3. The molecule has 28 heavy (non-hydrogen) atoms. The Morgan fingerprint density at radius 2 is 1.32 bits per heavy atom. The van der Waals surface area contributed by atoms with Gasteiger partial charge in [-0.25, -0.2) is 13.1 Å². The van der Waals surface area contributed by atoms with Gasteiger partial charge in [0.15, 0.2) is 11.6 Å². The number of fused-ring (bicyclic) bond motifs is 2. The highest BCUT2D eigenvalue weighted by atomic mass is 32.2. The lowest BCUT2D eigenvalue weighted by Gasteiger charge is -2.18. The second-order valence-corrected chi connectivity index (χ2v) is 8.49. The van der Waals surface area contributed by atoms with Gasteiger partial charge in [0.05, 0.1) is 4.90 Å². The highest BCUT2D eigenvalue weighted by Crippen LogP contribution is 2.28. The van der Waals surface area contributed by atoms with Crippen molar-refractivity contribution in [2.75, 3.05) is 0 Å². The molecule has 6 heteroatoms. The summed E-state index contributed by atoms with van der Waals surface area (Å²) in [5.41, 5.74) is 2.88. The molecule has 0 bridgehead atoms. The molecule has 0 atom stereocenters. The van der Waals surface area contributed by atoms with Crippen LogP contribution in [-0.4, -0.2) is 20.0 Å². The van der Waals surface area contributed by atoms with Crippen LogP contribution in [0.25, 0.3) is 0 Å². The van der Waals surface area contributed by atoms with Gasteiger partial charge in [0.25, 0.3) is 0 Å². The second kappa shape index (κ2) is 6.82. The number of rotatable bonds is 4. The van der Waals surface area contributed by atoms with E-state index in [1.807, 2.05) is 31.2 Å². The van der Waals surface area contributed by atoms with Crippen LogP contribution in [-0.2, 0) is 16.6 Å². The van der Waals surface area contributed by atoms with Gasteiger partial charge in [-0.1, -0.05) is 54.1 Å². The summed E-state index contributed by atoms with van der Waals surface area (Å²) < 4.78 is 27.9. The van der Waals surface area contributed by atoms with Crippen LogP contribution in [0.4, 0.5) is 0 Å². The fourth-order valence-electron chi connectivity index (χ4n) is 3.21. The van der Waals surface area contributed by atoms with Crippen LogP contribution >= 0.6 is 0 Å². The van der Waals surface area contributed by atoms with E-state index in [1.54, 1.807) is 24.3 Å². The van der Waals surface area contributed by atoms with Crippen molar-refractivity contribution in [1.82, 2.24) is 4.72 Å². The Morgan fingerprint density at radius 3 is 1.96 bits per heavy atom. The van der Waals surface area contributed by atoms with E-state index in [2.05, 4.69) is 4.72 Å². The summed E-state index contributed by atoms with van der Waals surface area (Å²) in [6.45, 7) is 2.09. The number of aryl methyl sites for hydroxylation is 1. The van der Waals surface area contributed by atoms with Crippen LogP contribution in [0.2, 0.25) is 0 Å². The van der Waals surface area contributed by atoms with E-state index in [0.717, 1.165) is 11.1 Å². The number of benzene rings is 3. The van der Waals surface area contributed by atoms with E-state index < -0.39 is 10.0 Å². The number of carbonyl (C=O) groups is 2. The molecule has 0 saturated heterocycles. The van der Waals surface area contributed by atoms with Gasteiger partial charge in [-0.2, -0.15) is 0 Å². The molecule has 1 aliphatic carbocycles. The minimum absolute atomic E-state index is 0.0427. The van der Waals surface area contributed by atoms with Gasteiger partial charge in [-0.05, 0) is 30.7 Å². The van der Waals surface area contributed by atoms with Crippen molar-refractivity contribution in [3.05, 3.63) is 100 Å². The molecular weight excluding hydrogens is 374 g/mol. The fraction of sp³-hybridized carbons (Fsp3) is 0.0909. The maximum Gasteiger partial charge on any atom is 0.240 e. The summed E-state index contributed by atoms with van der Waals surface area (Å²) in [5, 5.41) is 0. The predicted octanol–water partition coefficient (Wildman–Crippen LogP) is 3.25. The average Bonchev–Trinajstić information content (AvgIpc) is 2.71. The number of nitrogens with one attached hydrogen (secondary N) is 1. The van der Waals surface area contributed by atoms with Crippen molar-refractivity contribution < 1.29 is 18.0 Å². The summed E-state index contributed by atoms with van der Waals surface area (Å²) >= 11 is 0. The maximum absolute atomic E-state index is 12.8. The number of hydrogen-bond acceptors (Lipinski definition) is 4. The lowest BCUT2D eigenvalue weighted by molar-refractivity contribution is 0.0979. The van der Waals surface area contributed by atoms with Gasteiger partial charge in [0, 0.05) is 28.8 Å². The molecule has 0 heterocycles. The topological polar surface area (TPSA) is 80.3 Å². The molecule has 3 aromatic rings. The monoisotopic (exact) mass is 391 g/mol. The normalized spacial score (nSPS) is 13.2. The van der Waals surface area contributed by atoms with Crippen molar-refractivity contribution in [3.8, 4) is 0 Å². The number of carbonyl (C=O) groups excluding carboxylic acids is 2. The molecule has 0 aliphatic heterocycles. The number of sulfonamides is 1. The Hall–Kier alpha value is -3.09. The van der Waals surface area contributed by atoms with Gasteiger partial charge in [-0.3, -0.25) is 9.59 Å². The molecule has 0 amide bonds. The molecule has 3 aromatic carbocycles. The third kappa shape index (κ3) is 3.17. The third-order valence-corrected chi connectivity index (χ3v) is 6.19. The van der Waals surface area contributed by atoms with E-state index in [4.69, 9.17) is 0 Å². The van der Waals surface area contributed by atoms with Gasteiger partial charge in [-0.15, -0.1) is 0 Å². The summed E-state index contributed by atoms with van der Waals surface area (Å²) in [7, 11) is -3.83. The first-order valence-corrected chi connectivity index (χ1v) is 10.2. The zero-order valence-corrected chi connectivity index (χ0v) is 15.9. The summed E-state index contributed by atoms with van der Waals surface area (Å²) in [6, 6.07) is 18.1. The van der Waals surface area contributed by atoms with Crippen LogP contribution in [0.5, 0.6) is 0 Å². The molecule has 0 fully saturated rings. The molecule has 140 valence electrons. The van der Waals surface area contributed by atoms with Gasteiger partial charge >= 0.3 is 0 Å². The third-order valence-electron chi connectivity index (χ3n) is 4.79. The Bertz CT molecular complexity index is 1210. The Balaban J connectivity index is 1.65. The zero-order chi connectivity index (χ0) is 19.9. The molecular formula is C22H17NO4S. The van der Waals surface area contributed by atoms with Crippen LogP contribution in [0.15, 0.2) is 71.6 Å². The largest absolute Gasteiger partial charge is 0.289 e. The number of ketones is 2. The molecule has 1 aliphatic rings. The summed E-state index contributed by atoms with van der Waals surface area (Å²) in [6.07, 6.45) is 0. The van der Waals surface area contributed by atoms with Crippen molar-refractivity contribution >= 4 is 21.6 Å². The van der Waals surface area contributed by atoms with Crippen molar-refractivity contribution in [2.24, 2.45) is 0 Å². The highest BCUT2D eigenvalue weighted by Gasteiger charge is 2.30. The molecule has 5 nitrogen and oxygen atoms in total. The molecule has 0 saturated carbocycles. The first-order valence-electron chi connectivity index (χ1n) is 8.74. The van der Waals surface area contributed by atoms with E-state index >= 15 is 0 Å². The maximum atomic E-state index is 12.8. The number of hydrogen-bond donors (Lipinski definition) is 1. The van der Waals surface area contributed by atoms with E-state index in [0.29, 0.717) is 11.1 Å². The molecule has 1 N–H and O–H groups in total. The Morgan fingerprint density at radius 1 is 0.750 bits per heavy atom. The van der Waals surface area contributed by atoms with Crippen LogP contribution in [0.3, 0.4) is 0 Å². The van der Waals surface area contributed by atoms with Crippen LogP contribution in [0, 0.1) is 6.92 Å². The summed E-state index contributed by atoms with van der Waals surface area (Å²) in [4.78, 5) is 25.4. The fourth-order valence-corrected chi connectivity index (χ4v) is 4.26. The van der Waals surface area contributed by atoms with Crippen LogP contribution in [0.1, 0.15) is 43.0 Å². The van der Waals surface area contributed by atoms with E-state index in [9.17, 15) is 18.0 Å². The zero-order valence-electron chi connectivity index (χ0n) is 15.1. The Kier molecular flexibility index (Phi) is 4.45. The molecule has 0 spiro atoms. The van der Waals surface area contributed by atoms with Crippen molar-refractivity contribution in [3.63, 3.8) is 0 Å². The van der Waals surface area contributed by atoms with Gasteiger partial charge in [0.1, 0.15) is 0 Å². The van der Waals surface area contributed by atoms with Crippen molar-refractivity contribution in [2.45, 2.75) is 18.4 Å². The van der Waals surface area contributed by atoms with Gasteiger partial charge < -0.3 is 0 Å². The summed E-state index contributed by atoms with van der Waals surface area (Å²) in [5.74, 6) is -0.623. The van der Waals surface area contributed by atoms with Crippen LogP contribution < -0.4 is 4.72 Å². The minimum atomic E-state index is -3.83. The quantitative estimate of drug-likeness (QED) is 0.579. The predicted molar refractivity (Wildman–Crippen MR) is 105 cm³/mol. The molecule has 4 rings (SSSR count). The minimum Gasteiger partial charge on any atom is -0.289 e. The van der Waals surface area contributed by atoms with E-state index in [1.165, 1.54) is 18.2 Å². The Labute approximate surface area is 163 Å². The highest BCUT2D eigenvalue weighted by molar-refractivity contribution is 7.89. The lowest BCUT2D eigenvalue weighted by atomic mass is 9.84. The smallest absolute Gasteiger partial charge is 0.240 e.